The molecule has 100 valence electrons. The second-order valence-corrected chi connectivity index (χ2v) is 6.37. The Morgan fingerprint density at radius 1 is 1.44 bits per heavy atom. The number of aromatic nitrogens is 1. The van der Waals surface area contributed by atoms with E-state index in [2.05, 4.69) is 12.2 Å². The van der Waals surface area contributed by atoms with E-state index in [0.717, 1.165) is 19.6 Å². The van der Waals surface area contributed by atoms with Crippen molar-refractivity contribution >= 4 is 11.3 Å². The van der Waals surface area contributed by atoms with Gasteiger partial charge in [-0.05, 0) is 45.1 Å². The molecule has 18 heavy (non-hydrogen) atoms. The molecule has 0 bridgehead atoms. The molecule has 4 heteroatoms. The van der Waals surface area contributed by atoms with Crippen molar-refractivity contribution in [3.63, 3.8) is 0 Å². The van der Waals surface area contributed by atoms with Crippen LogP contribution in [-0.2, 0) is 17.6 Å². The Morgan fingerprint density at radius 3 is 3.11 bits per heavy atom. The van der Waals surface area contributed by atoms with Crippen molar-refractivity contribution in [3.05, 3.63) is 15.6 Å². The van der Waals surface area contributed by atoms with Crippen LogP contribution in [-0.4, -0.2) is 24.2 Å². The highest BCUT2D eigenvalue weighted by Gasteiger charge is 2.30. The maximum Gasteiger partial charge on any atom is 0.113 e. The molecule has 1 aliphatic heterocycles. The zero-order chi connectivity index (χ0) is 12.4. The van der Waals surface area contributed by atoms with Crippen LogP contribution in [0, 0.1) is 0 Å². The lowest BCUT2D eigenvalue weighted by molar-refractivity contribution is 0.0782. The van der Waals surface area contributed by atoms with Gasteiger partial charge in [-0.2, -0.15) is 0 Å². The fourth-order valence-corrected chi connectivity index (χ4v) is 4.17. The number of hydrogen-bond acceptors (Lipinski definition) is 4. The van der Waals surface area contributed by atoms with E-state index in [1.54, 1.807) is 0 Å². The van der Waals surface area contributed by atoms with Gasteiger partial charge in [0, 0.05) is 11.5 Å². The van der Waals surface area contributed by atoms with Crippen molar-refractivity contribution in [2.24, 2.45) is 0 Å². The highest BCUT2D eigenvalue weighted by atomic mass is 32.1. The lowest BCUT2D eigenvalue weighted by atomic mass is 10.1. The Hall–Kier alpha value is -0.450. The third-order valence-corrected chi connectivity index (χ3v) is 5.07. The van der Waals surface area contributed by atoms with E-state index in [9.17, 15) is 0 Å². The predicted octanol–water partition coefficient (Wildman–Crippen LogP) is 2.85. The smallest absolute Gasteiger partial charge is 0.113 e. The van der Waals surface area contributed by atoms with Crippen LogP contribution in [0.2, 0.25) is 0 Å². The van der Waals surface area contributed by atoms with E-state index < -0.39 is 0 Å². The Bertz CT molecular complexity index is 377. The summed E-state index contributed by atoms with van der Waals surface area (Å²) < 4.78 is 5.87. The minimum Gasteiger partial charge on any atom is -0.376 e. The summed E-state index contributed by atoms with van der Waals surface area (Å²) in [5, 5.41) is 4.90. The first-order valence-electron chi connectivity index (χ1n) is 7.22. The quantitative estimate of drug-likeness (QED) is 0.890. The number of rotatable bonds is 5. The molecule has 0 amide bonds. The summed E-state index contributed by atoms with van der Waals surface area (Å²) >= 11 is 1.91. The highest BCUT2D eigenvalue weighted by molar-refractivity contribution is 7.11. The van der Waals surface area contributed by atoms with Crippen LogP contribution in [0.25, 0.3) is 0 Å². The van der Waals surface area contributed by atoms with E-state index in [-0.39, 0.29) is 0 Å². The molecule has 1 fully saturated rings. The van der Waals surface area contributed by atoms with Crippen LogP contribution in [0.1, 0.15) is 54.2 Å². The van der Waals surface area contributed by atoms with E-state index in [4.69, 9.17) is 9.72 Å². The van der Waals surface area contributed by atoms with Gasteiger partial charge in [0.1, 0.15) is 5.01 Å². The molecule has 2 atom stereocenters. The lowest BCUT2D eigenvalue weighted by Crippen LogP contribution is -2.32. The summed E-state index contributed by atoms with van der Waals surface area (Å²) in [4.78, 5) is 6.38. The van der Waals surface area contributed by atoms with Gasteiger partial charge in [0.25, 0.3) is 0 Å². The van der Waals surface area contributed by atoms with Gasteiger partial charge in [-0.3, -0.25) is 0 Å². The average Bonchev–Trinajstić information content (AvgIpc) is 3.05. The number of nitrogens with one attached hydrogen (secondary N) is 1. The van der Waals surface area contributed by atoms with E-state index in [1.165, 1.54) is 47.7 Å². The van der Waals surface area contributed by atoms with E-state index in [1.807, 2.05) is 11.3 Å². The van der Waals surface area contributed by atoms with Gasteiger partial charge >= 0.3 is 0 Å². The Morgan fingerprint density at radius 2 is 2.39 bits per heavy atom. The molecule has 2 unspecified atom stereocenters. The molecule has 0 radical (unpaired) electrons. The normalized spacial score (nSPS) is 24.4. The van der Waals surface area contributed by atoms with Crippen LogP contribution in [0.15, 0.2) is 0 Å². The van der Waals surface area contributed by atoms with Gasteiger partial charge in [0.2, 0.25) is 0 Å². The summed E-state index contributed by atoms with van der Waals surface area (Å²) in [5.41, 5.74) is 1.36. The molecule has 1 aliphatic carbocycles. The first kappa shape index (κ1) is 12.6. The Labute approximate surface area is 113 Å². The van der Waals surface area contributed by atoms with Crippen molar-refractivity contribution in [2.75, 3.05) is 13.2 Å². The molecule has 3 nitrogen and oxygen atoms in total. The monoisotopic (exact) mass is 266 g/mol. The van der Waals surface area contributed by atoms with Gasteiger partial charge in [-0.15, -0.1) is 11.3 Å². The lowest BCUT2D eigenvalue weighted by Gasteiger charge is -2.22. The second kappa shape index (κ2) is 5.68. The van der Waals surface area contributed by atoms with Gasteiger partial charge in [0.05, 0.1) is 17.8 Å². The van der Waals surface area contributed by atoms with E-state index >= 15 is 0 Å². The first-order chi connectivity index (χ1) is 8.88. The molecular weight excluding hydrogens is 244 g/mol. The van der Waals surface area contributed by atoms with Gasteiger partial charge in [-0.25, -0.2) is 4.98 Å². The Kier molecular flexibility index (Phi) is 3.97. The molecule has 3 rings (SSSR count). The largest absolute Gasteiger partial charge is 0.376 e. The zero-order valence-electron chi connectivity index (χ0n) is 11.1. The summed E-state index contributed by atoms with van der Waals surface area (Å²) in [5.74, 6) is 0. The van der Waals surface area contributed by atoms with E-state index in [0.29, 0.717) is 12.1 Å². The van der Waals surface area contributed by atoms with Gasteiger partial charge in [0.15, 0.2) is 0 Å². The number of nitrogens with zero attached hydrogens (tertiary/aromatic N) is 1. The molecule has 0 aromatic carbocycles. The van der Waals surface area contributed by atoms with Crippen LogP contribution in [0.5, 0.6) is 0 Å². The second-order valence-electron chi connectivity index (χ2n) is 5.26. The molecule has 0 saturated carbocycles. The topological polar surface area (TPSA) is 34.2 Å². The number of hydrogen-bond donors (Lipinski definition) is 1. The predicted molar refractivity (Wildman–Crippen MR) is 74.1 cm³/mol. The molecule has 0 spiro atoms. The average molecular weight is 266 g/mol. The molecule has 2 aliphatic rings. The third-order valence-electron chi connectivity index (χ3n) is 3.83. The number of aryl methyl sites for hydroxylation is 2. The summed E-state index contributed by atoms with van der Waals surface area (Å²) in [6.45, 7) is 4.18. The zero-order valence-corrected chi connectivity index (χ0v) is 11.9. The van der Waals surface area contributed by atoms with Gasteiger partial charge < -0.3 is 10.1 Å². The molecule has 2 heterocycles. The first-order valence-corrected chi connectivity index (χ1v) is 8.03. The molecule has 1 N–H and O–H groups in total. The van der Waals surface area contributed by atoms with Crippen molar-refractivity contribution in [3.8, 4) is 0 Å². The summed E-state index contributed by atoms with van der Waals surface area (Å²) in [6.07, 6.45) is 7.57. The third kappa shape index (κ3) is 2.46. The minimum atomic E-state index is 0.322. The standard InChI is InChI=1S/C14H22N2OS/c1-2-8-15-13(11-6-4-9-17-11)14-16-10-5-3-7-12(10)18-14/h11,13,15H,2-9H2,1H3. The molecule has 1 aromatic heterocycles. The number of fused-ring (bicyclic) bond motifs is 1. The maximum absolute atomic E-state index is 5.87. The van der Waals surface area contributed by atoms with Crippen molar-refractivity contribution < 1.29 is 4.74 Å². The fraction of sp³-hybridized carbons (Fsp3) is 0.786. The van der Waals surface area contributed by atoms with Crippen molar-refractivity contribution in [1.82, 2.24) is 10.3 Å². The van der Waals surface area contributed by atoms with Gasteiger partial charge in [-0.1, -0.05) is 6.92 Å². The van der Waals surface area contributed by atoms with Crippen LogP contribution >= 0.6 is 11.3 Å². The molecule has 1 aromatic rings. The SMILES string of the molecule is CCCNC(c1nc2c(s1)CCC2)C1CCCO1. The van der Waals surface area contributed by atoms with Crippen molar-refractivity contribution in [2.45, 2.75) is 57.6 Å². The molecular formula is C14H22N2OS. The number of thiazole rings is 1. The van der Waals surface area contributed by atoms with Crippen LogP contribution in [0.4, 0.5) is 0 Å². The van der Waals surface area contributed by atoms with Crippen LogP contribution in [0.3, 0.4) is 0 Å². The molecule has 1 saturated heterocycles. The minimum absolute atomic E-state index is 0.322. The number of ether oxygens (including phenoxy) is 1. The fourth-order valence-electron chi connectivity index (χ4n) is 2.89. The maximum atomic E-state index is 5.87. The Balaban J connectivity index is 1.77. The summed E-state index contributed by atoms with van der Waals surface area (Å²) in [6, 6.07) is 0.322. The van der Waals surface area contributed by atoms with Crippen molar-refractivity contribution in [1.29, 1.82) is 0 Å². The highest BCUT2D eigenvalue weighted by Crippen LogP contribution is 2.34. The van der Waals surface area contributed by atoms with Crippen LogP contribution < -0.4 is 5.32 Å². The summed E-state index contributed by atoms with van der Waals surface area (Å²) in [7, 11) is 0.